The van der Waals surface area contributed by atoms with Crippen LogP contribution >= 0.6 is 11.8 Å². The molecular weight excluding hydrogens is 190 g/mol. The Bertz CT molecular complexity index is 202. The van der Waals surface area contributed by atoms with Crippen molar-refractivity contribution in [2.75, 3.05) is 18.1 Å². The van der Waals surface area contributed by atoms with Crippen LogP contribution in [0, 0.1) is 17.3 Å². The molecule has 1 saturated heterocycles. The van der Waals surface area contributed by atoms with Crippen molar-refractivity contribution >= 4 is 11.8 Å². The van der Waals surface area contributed by atoms with E-state index in [2.05, 4.69) is 37.8 Å². The molecule has 0 amide bonds. The van der Waals surface area contributed by atoms with Crippen molar-refractivity contribution < 1.29 is 0 Å². The Morgan fingerprint density at radius 3 is 2.71 bits per heavy atom. The molecule has 2 fully saturated rings. The highest BCUT2D eigenvalue weighted by molar-refractivity contribution is 7.99. The van der Waals surface area contributed by atoms with Gasteiger partial charge in [0.15, 0.2) is 0 Å². The van der Waals surface area contributed by atoms with E-state index in [9.17, 15) is 0 Å². The van der Waals surface area contributed by atoms with Crippen LogP contribution in [0.2, 0.25) is 0 Å². The highest BCUT2D eigenvalue weighted by Crippen LogP contribution is 2.38. The maximum absolute atomic E-state index is 3.78. The van der Waals surface area contributed by atoms with E-state index in [-0.39, 0.29) is 0 Å². The average Bonchev–Trinajstić information content (AvgIpc) is 2.79. The van der Waals surface area contributed by atoms with E-state index in [4.69, 9.17) is 0 Å². The van der Waals surface area contributed by atoms with Crippen LogP contribution < -0.4 is 5.32 Å². The molecule has 2 heteroatoms. The van der Waals surface area contributed by atoms with Crippen LogP contribution in [0.1, 0.15) is 33.6 Å². The van der Waals surface area contributed by atoms with Gasteiger partial charge in [-0.2, -0.15) is 11.8 Å². The molecule has 0 spiro atoms. The van der Waals surface area contributed by atoms with Crippen molar-refractivity contribution in [2.24, 2.45) is 17.3 Å². The molecule has 0 aromatic carbocycles. The van der Waals surface area contributed by atoms with Gasteiger partial charge >= 0.3 is 0 Å². The first-order chi connectivity index (χ1) is 6.59. The summed E-state index contributed by atoms with van der Waals surface area (Å²) in [6.07, 6.45) is 2.82. The summed E-state index contributed by atoms with van der Waals surface area (Å²) in [5.74, 6) is 4.64. The Hall–Kier alpha value is 0.310. The van der Waals surface area contributed by atoms with Crippen molar-refractivity contribution in [1.29, 1.82) is 0 Å². The molecule has 3 unspecified atom stereocenters. The Kier molecular flexibility index (Phi) is 3.13. The fourth-order valence-corrected chi connectivity index (χ4v) is 3.89. The van der Waals surface area contributed by atoms with Gasteiger partial charge in [0, 0.05) is 11.8 Å². The van der Waals surface area contributed by atoms with Crippen LogP contribution in [0.25, 0.3) is 0 Å². The first-order valence-corrected chi connectivity index (χ1v) is 7.06. The third kappa shape index (κ3) is 2.46. The molecule has 14 heavy (non-hydrogen) atoms. The normalized spacial score (nSPS) is 40.9. The number of nitrogens with one attached hydrogen (secondary N) is 1. The van der Waals surface area contributed by atoms with Gasteiger partial charge in [0.1, 0.15) is 0 Å². The molecule has 2 rings (SSSR count). The minimum atomic E-state index is 0.517. The lowest BCUT2D eigenvalue weighted by Gasteiger charge is -2.39. The molecule has 0 aromatic rings. The minimum Gasteiger partial charge on any atom is -0.312 e. The van der Waals surface area contributed by atoms with Crippen LogP contribution in [-0.2, 0) is 0 Å². The standard InChI is InChI=1S/C12H23NS/c1-9-6-10(9)7-13-11-8-14-5-4-12(11,2)3/h9-11,13H,4-8H2,1-3H3. The van der Waals surface area contributed by atoms with E-state index in [1.807, 2.05) is 0 Å². The zero-order valence-corrected chi connectivity index (χ0v) is 10.5. The van der Waals surface area contributed by atoms with E-state index in [0.29, 0.717) is 5.41 Å². The van der Waals surface area contributed by atoms with Crippen molar-refractivity contribution in [3.05, 3.63) is 0 Å². The Labute approximate surface area is 92.4 Å². The summed E-state index contributed by atoms with van der Waals surface area (Å²) in [5.41, 5.74) is 0.517. The predicted molar refractivity (Wildman–Crippen MR) is 64.8 cm³/mol. The van der Waals surface area contributed by atoms with Crippen LogP contribution in [-0.4, -0.2) is 24.1 Å². The maximum Gasteiger partial charge on any atom is 0.0209 e. The molecule has 1 aliphatic carbocycles. The highest BCUT2D eigenvalue weighted by atomic mass is 32.2. The van der Waals surface area contributed by atoms with Gasteiger partial charge in [-0.05, 0) is 42.4 Å². The van der Waals surface area contributed by atoms with Crippen molar-refractivity contribution in [3.63, 3.8) is 0 Å². The number of hydrogen-bond acceptors (Lipinski definition) is 2. The van der Waals surface area contributed by atoms with Gasteiger partial charge < -0.3 is 5.32 Å². The van der Waals surface area contributed by atoms with Gasteiger partial charge in [0.2, 0.25) is 0 Å². The topological polar surface area (TPSA) is 12.0 Å². The van der Waals surface area contributed by atoms with Gasteiger partial charge in [-0.15, -0.1) is 0 Å². The Morgan fingerprint density at radius 1 is 1.43 bits per heavy atom. The summed E-state index contributed by atoms with van der Waals surface area (Å²) in [6, 6.07) is 0.744. The summed E-state index contributed by atoms with van der Waals surface area (Å²) < 4.78 is 0. The molecule has 1 aliphatic heterocycles. The first-order valence-electron chi connectivity index (χ1n) is 5.91. The predicted octanol–water partition coefficient (Wildman–Crippen LogP) is 2.76. The Morgan fingerprint density at radius 2 is 2.14 bits per heavy atom. The lowest BCUT2D eigenvalue weighted by Crippen LogP contribution is -2.47. The number of hydrogen-bond donors (Lipinski definition) is 1. The third-order valence-electron chi connectivity index (χ3n) is 4.02. The van der Waals surface area contributed by atoms with Crippen LogP contribution in [0.15, 0.2) is 0 Å². The largest absolute Gasteiger partial charge is 0.312 e. The molecule has 2 aliphatic rings. The van der Waals surface area contributed by atoms with Gasteiger partial charge in [0.05, 0.1) is 0 Å². The number of rotatable bonds is 3. The van der Waals surface area contributed by atoms with E-state index in [1.54, 1.807) is 0 Å². The third-order valence-corrected chi connectivity index (χ3v) is 5.08. The molecular formula is C12H23NS. The zero-order chi connectivity index (χ0) is 10.2. The van der Waals surface area contributed by atoms with Crippen LogP contribution in [0.4, 0.5) is 0 Å². The molecule has 1 N–H and O–H groups in total. The van der Waals surface area contributed by atoms with E-state index in [0.717, 1.165) is 17.9 Å². The first kappa shape index (κ1) is 10.8. The molecule has 0 aromatic heterocycles. The number of thioether (sulfide) groups is 1. The Balaban J connectivity index is 1.77. The minimum absolute atomic E-state index is 0.517. The summed E-state index contributed by atoms with van der Waals surface area (Å²) in [7, 11) is 0. The second kappa shape index (κ2) is 4.05. The van der Waals surface area contributed by atoms with Crippen molar-refractivity contribution in [2.45, 2.75) is 39.7 Å². The van der Waals surface area contributed by atoms with Crippen LogP contribution in [0.3, 0.4) is 0 Å². The summed E-state index contributed by atoms with van der Waals surface area (Å²) in [6.45, 7) is 8.46. The fraction of sp³-hybridized carbons (Fsp3) is 1.00. The molecule has 82 valence electrons. The zero-order valence-electron chi connectivity index (χ0n) is 9.68. The molecule has 0 radical (unpaired) electrons. The molecule has 0 bridgehead atoms. The van der Waals surface area contributed by atoms with E-state index in [1.165, 1.54) is 30.9 Å². The fourth-order valence-electron chi connectivity index (χ4n) is 2.25. The van der Waals surface area contributed by atoms with Gasteiger partial charge in [0.25, 0.3) is 0 Å². The second-order valence-electron chi connectivity index (χ2n) is 5.75. The smallest absolute Gasteiger partial charge is 0.0209 e. The average molecular weight is 213 g/mol. The van der Waals surface area contributed by atoms with E-state index >= 15 is 0 Å². The molecule has 1 nitrogen and oxygen atoms in total. The van der Waals surface area contributed by atoms with Gasteiger partial charge in [-0.1, -0.05) is 20.8 Å². The maximum atomic E-state index is 3.78. The lowest BCUT2D eigenvalue weighted by atomic mass is 9.82. The van der Waals surface area contributed by atoms with E-state index < -0.39 is 0 Å². The SMILES string of the molecule is CC1CC1CNC1CSCCC1(C)C. The summed E-state index contributed by atoms with van der Waals surface area (Å²) in [4.78, 5) is 0. The van der Waals surface area contributed by atoms with Crippen molar-refractivity contribution in [3.8, 4) is 0 Å². The molecule has 1 saturated carbocycles. The van der Waals surface area contributed by atoms with Gasteiger partial charge in [-0.3, -0.25) is 0 Å². The summed E-state index contributed by atoms with van der Waals surface area (Å²) in [5, 5.41) is 3.78. The monoisotopic (exact) mass is 213 g/mol. The lowest BCUT2D eigenvalue weighted by molar-refractivity contribution is 0.243. The quantitative estimate of drug-likeness (QED) is 0.773. The van der Waals surface area contributed by atoms with Crippen LogP contribution in [0.5, 0.6) is 0 Å². The second-order valence-corrected chi connectivity index (χ2v) is 6.90. The highest BCUT2D eigenvalue weighted by Gasteiger charge is 2.36. The van der Waals surface area contributed by atoms with Crippen molar-refractivity contribution in [1.82, 2.24) is 5.32 Å². The molecule has 1 heterocycles. The summed E-state index contributed by atoms with van der Waals surface area (Å²) >= 11 is 2.12. The molecule has 3 atom stereocenters. The van der Waals surface area contributed by atoms with Gasteiger partial charge in [-0.25, -0.2) is 0 Å².